The zero-order chi connectivity index (χ0) is 16.2. The van der Waals surface area contributed by atoms with Crippen molar-refractivity contribution in [3.8, 4) is 16.3 Å². The van der Waals surface area contributed by atoms with Gasteiger partial charge in [0.25, 0.3) is 5.91 Å². The molecule has 0 aliphatic heterocycles. The molecule has 4 nitrogen and oxygen atoms in total. The third-order valence-electron chi connectivity index (χ3n) is 3.14. The Morgan fingerprint density at radius 2 is 2.04 bits per heavy atom. The van der Waals surface area contributed by atoms with Gasteiger partial charge in [0.05, 0.1) is 7.11 Å². The highest BCUT2D eigenvalue weighted by Crippen LogP contribution is 2.26. The molecule has 0 saturated carbocycles. The van der Waals surface area contributed by atoms with Gasteiger partial charge in [-0.15, -0.1) is 11.3 Å². The summed E-state index contributed by atoms with van der Waals surface area (Å²) in [6.45, 7) is 0. The third kappa shape index (κ3) is 3.70. The van der Waals surface area contributed by atoms with Gasteiger partial charge in [-0.2, -0.15) is 0 Å². The molecule has 1 heterocycles. The van der Waals surface area contributed by atoms with Crippen LogP contribution in [-0.2, 0) is 0 Å². The Hall–Kier alpha value is -2.37. The maximum Gasteiger partial charge on any atom is 0.275 e. The number of anilines is 1. The van der Waals surface area contributed by atoms with Crippen LogP contribution in [0.1, 0.15) is 10.5 Å². The second-order valence-electron chi connectivity index (χ2n) is 4.73. The van der Waals surface area contributed by atoms with Crippen molar-refractivity contribution >= 4 is 34.5 Å². The van der Waals surface area contributed by atoms with Gasteiger partial charge < -0.3 is 10.1 Å². The lowest BCUT2D eigenvalue weighted by atomic mass is 10.2. The smallest absolute Gasteiger partial charge is 0.275 e. The number of halogens is 1. The van der Waals surface area contributed by atoms with Crippen molar-refractivity contribution in [3.63, 3.8) is 0 Å². The van der Waals surface area contributed by atoms with Crippen LogP contribution in [0.25, 0.3) is 10.6 Å². The molecule has 0 fully saturated rings. The van der Waals surface area contributed by atoms with Crippen LogP contribution in [-0.4, -0.2) is 18.0 Å². The van der Waals surface area contributed by atoms with Crippen LogP contribution in [0.2, 0.25) is 5.02 Å². The number of thiazole rings is 1. The zero-order valence-electron chi connectivity index (χ0n) is 12.2. The average Bonchev–Trinajstić information content (AvgIpc) is 3.05. The van der Waals surface area contributed by atoms with Crippen LogP contribution < -0.4 is 10.1 Å². The summed E-state index contributed by atoms with van der Waals surface area (Å²) in [6, 6.07) is 14.6. The Morgan fingerprint density at radius 1 is 1.22 bits per heavy atom. The predicted molar refractivity (Wildman–Crippen MR) is 93.5 cm³/mol. The van der Waals surface area contributed by atoms with Gasteiger partial charge in [0, 0.05) is 27.7 Å². The van der Waals surface area contributed by atoms with Gasteiger partial charge in [0.15, 0.2) is 0 Å². The molecule has 2 aromatic carbocycles. The van der Waals surface area contributed by atoms with Crippen molar-refractivity contribution in [2.24, 2.45) is 0 Å². The summed E-state index contributed by atoms with van der Waals surface area (Å²) < 4.78 is 5.14. The van der Waals surface area contributed by atoms with E-state index in [0.717, 1.165) is 10.6 Å². The van der Waals surface area contributed by atoms with Crippen LogP contribution in [0.3, 0.4) is 0 Å². The fraction of sp³-hybridized carbons (Fsp3) is 0.0588. The van der Waals surface area contributed by atoms with Crippen LogP contribution >= 0.6 is 22.9 Å². The first kappa shape index (κ1) is 15.5. The molecular weight excluding hydrogens is 332 g/mol. The number of amides is 1. The molecule has 0 atom stereocenters. The number of rotatable bonds is 4. The zero-order valence-corrected chi connectivity index (χ0v) is 13.8. The summed E-state index contributed by atoms with van der Waals surface area (Å²) in [7, 11) is 1.58. The molecule has 0 unspecified atom stereocenters. The van der Waals surface area contributed by atoms with E-state index in [1.54, 1.807) is 30.7 Å². The fourth-order valence-electron chi connectivity index (χ4n) is 2.03. The first-order chi connectivity index (χ1) is 11.2. The Labute approximate surface area is 142 Å². The van der Waals surface area contributed by atoms with E-state index >= 15 is 0 Å². The molecule has 0 aliphatic rings. The number of nitrogens with zero attached hydrogens (tertiary/aromatic N) is 1. The number of carbonyl (C=O) groups is 1. The normalized spacial score (nSPS) is 10.3. The highest BCUT2D eigenvalue weighted by molar-refractivity contribution is 7.13. The molecule has 3 aromatic rings. The van der Waals surface area contributed by atoms with Crippen molar-refractivity contribution in [1.29, 1.82) is 0 Å². The molecule has 0 saturated heterocycles. The van der Waals surface area contributed by atoms with Crippen molar-refractivity contribution in [1.82, 2.24) is 4.98 Å². The topological polar surface area (TPSA) is 51.2 Å². The van der Waals surface area contributed by atoms with E-state index < -0.39 is 0 Å². The lowest BCUT2D eigenvalue weighted by molar-refractivity contribution is 0.102. The number of carbonyl (C=O) groups excluding carboxylic acids is 1. The average molecular weight is 345 g/mol. The van der Waals surface area contributed by atoms with E-state index in [9.17, 15) is 4.79 Å². The minimum Gasteiger partial charge on any atom is -0.497 e. The predicted octanol–water partition coefficient (Wildman–Crippen LogP) is 4.72. The minimum absolute atomic E-state index is 0.261. The maximum absolute atomic E-state index is 12.3. The molecule has 0 spiro atoms. The van der Waals surface area contributed by atoms with Gasteiger partial charge in [-0.25, -0.2) is 4.98 Å². The molecule has 1 N–H and O–H groups in total. The first-order valence-electron chi connectivity index (χ1n) is 6.82. The molecule has 0 aliphatic carbocycles. The Balaban J connectivity index is 1.78. The van der Waals surface area contributed by atoms with Crippen molar-refractivity contribution in [3.05, 3.63) is 64.6 Å². The Morgan fingerprint density at radius 3 is 2.83 bits per heavy atom. The van der Waals surface area contributed by atoms with E-state index in [4.69, 9.17) is 16.3 Å². The number of benzene rings is 2. The second kappa shape index (κ2) is 6.81. The molecule has 0 bridgehead atoms. The number of methoxy groups -OCH3 is 1. The van der Waals surface area contributed by atoms with E-state index in [1.165, 1.54) is 11.3 Å². The third-order valence-corrected chi connectivity index (χ3v) is 4.26. The second-order valence-corrected chi connectivity index (χ2v) is 6.03. The standard InChI is InChI=1S/C17H13ClN2O2S/c1-22-14-7-3-6-13(9-14)19-16(21)15-10-23-17(20-15)11-4-2-5-12(18)8-11/h2-10H,1H3,(H,19,21). The van der Waals surface area contributed by atoms with Gasteiger partial charge in [-0.05, 0) is 24.3 Å². The van der Waals surface area contributed by atoms with Crippen LogP contribution in [0.4, 0.5) is 5.69 Å². The van der Waals surface area contributed by atoms with Gasteiger partial charge in [0.1, 0.15) is 16.5 Å². The summed E-state index contributed by atoms with van der Waals surface area (Å²) in [6.07, 6.45) is 0. The Kier molecular flexibility index (Phi) is 4.60. The minimum atomic E-state index is -0.261. The maximum atomic E-state index is 12.3. The molecule has 6 heteroatoms. The summed E-state index contributed by atoms with van der Waals surface area (Å²) in [5.41, 5.74) is 1.92. The lowest BCUT2D eigenvalue weighted by Crippen LogP contribution is -2.12. The van der Waals surface area contributed by atoms with E-state index in [0.29, 0.717) is 22.2 Å². The lowest BCUT2D eigenvalue weighted by Gasteiger charge is -2.05. The number of ether oxygens (including phenoxy) is 1. The van der Waals surface area contributed by atoms with E-state index in [-0.39, 0.29) is 5.91 Å². The van der Waals surface area contributed by atoms with Crippen LogP contribution in [0.5, 0.6) is 5.75 Å². The van der Waals surface area contributed by atoms with Gasteiger partial charge in [-0.3, -0.25) is 4.79 Å². The quantitative estimate of drug-likeness (QED) is 0.744. The number of hydrogen-bond donors (Lipinski definition) is 1. The fourth-order valence-corrected chi connectivity index (χ4v) is 3.02. The van der Waals surface area contributed by atoms with Gasteiger partial charge >= 0.3 is 0 Å². The molecule has 23 heavy (non-hydrogen) atoms. The van der Waals surface area contributed by atoms with Crippen LogP contribution in [0, 0.1) is 0 Å². The number of nitrogens with one attached hydrogen (secondary N) is 1. The van der Waals surface area contributed by atoms with Crippen LogP contribution in [0.15, 0.2) is 53.9 Å². The van der Waals surface area contributed by atoms with E-state index in [2.05, 4.69) is 10.3 Å². The van der Waals surface area contributed by atoms with Gasteiger partial charge in [-0.1, -0.05) is 29.8 Å². The number of aromatic nitrogens is 1. The summed E-state index contributed by atoms with van der Waals surface area (Å²) in [5, 5.41) is 5.93. The molecule has 1 amide bonds. The number of hydrogen-bond acceptors (Lipinski definition) is 4. The molecule has 116 valence electrons. The molecule has 3 rings (SSSR count). The van der Waals surface area contributed by atoms with Crippen molar-refractivity contribution in [2.75, 3.05) is 12.4 Å². The summed E-state index contributed by atoms with van der Waals surface area (Å²) >= 11 is 7.39. The van der Waals surface area contributed by atoms with Crippen molar-refractivity contribution in [2.45, 2.75) is 0 Å². The highest BCUT2D eigenvalue weighted by Gasteiger charge is 2.12. The molecular formula is C17H13ClN2O2S. The van der Waals surface area contributed by atoms with Crippen molar-refractivity contribution < 1.29 is 9.53 Å². The largest absolute Gasteiger partial charge is 0.497 e. The highest BCUT2D eigenvalue weighted by atomic mass is 35.5. The monoisotopic (exact) mass is 344 g/mol. The van der Waals surface area contributed by atoms with Gasteiger partial charge in [0.2, 0.25) is 0 Å². The summed E-state index contributed by atoms with van der Waals surface area (Å²) in [4.78, 5) is 16.7. The molecule has 1 aromatic heterocycles. The Bertz CT molecular complexity index is 848. The first-order valence-corrected chi connectivity index (χ1v) is 8.08. The summed E-state index contributed by atoms with van der Waals surface area (Å²) in [5.74, 6) is 0.420. The molecule has 0 radical (unpaired) electrons. The van der Waals surface area contributed by atoms with E-state index in [1.807, 2.05) is 30.3 Å². The SMILES string of the molecule is COc1cccc(NC(=O)c2csc(-c3cccc(Cl)c3)n2)c1.